The number of benzene rings is 1. The molecule has 4 heterocycles. The van der Waals surface area contributed by atoms with Crippen molar-refractivity contribution in [2.75, 3.05) is 24.6 Å². The Hall–Kier alpha value is -2.77. The monoisotopic (exact) mass is 419 g/mol. The second-order valence-corrected chi connectivity index (χ2v) is 8.78. The molecule has 7 heteroatoms. The molecule has 154 valence electrons. The molecule has 0 saturated carbocycles. The molecule has 0 bridgehead atoms. The Morgan fingerprint density at radius 2 is 1.90 bits per heavy atom. The summed E-state index contributed by atoms with van der Waals surface area (Å²) in [6, 6.07) is 14.8. The van der Waals surface area contributed by atoms with Gasteiger partial charge >= 0.3 is 0 Å². The molecule has 1 N–H and O–H groups in total. The third-order valence-corrected chi connectivity index (χ3v) is 6.89. The minimum absolute atomic E-state index is 0.119. The van der Waals surface area contributed by atoms with Crippen molar-refractivity contribution < 1.29 is 5.11 Å². The molecule has 1 fully saturated rings. The highest BCUT2D eigenvalue weighted by molar-refractivity contribution is 7.21. The Balaban J connectivity index is 1.41. The van der Waals surface area contributed by atoms with Gasteiger partial charge in [0.25, 0.3) is 0 Å². The third kappa shape index (κ3) is 3.59. The molecule has 4 aromatic rings. The van der Waals surface area contributed by atoms with Crippen molar-refractivity contribution in [3.05, 3.63) is 60.2 Å². The second-order valence-electron chi connectivity index (χ2n) is 7.75. The quantitative estimate of drug-likeness (QED) is 0.524. The molecular weight excluding hydrogens is 394 g/mol. The van der Waals surface area contributed by atoms with E-state index in [1.165, 1.54) is 16.1 Å². The zero-order valence-electron chi connectivity index (χ0n) is 17.0. The van der Waals surface area contributed by atoms with E-state index < -0.39 is 0 Å². The standard InChI is InChI=1S/C23H25N5OS/c1-16-25-22(19-15-21(30-23(19)26-16)18-5-3-2-4-6-18)27-11-8-17(9-12-27)20-7-10-24-28(20)13-14-29/h2-7,10,15,17,29H,8-9,11-14H2,1H3. The van der Waals surface area contributed by atoms with Crippen LogP contribution in [-0.4, -0.2) is 44.6 Å². The summed E-state index contributed by atoms with van der Waals surface area (Å²) in [6.07, 6.45) is 3.94. The largest absolute Gasteiger partial charge is 0.394 e. The van der Waals surface area contributed by atoms with Crippen molar-refractivity contribution in [2.24, 2.45) is 0 Å². The number of rotatable bonds is 5. The normalized spacial score (nSPS) is 15.2. The van der Waals surface area contributed by atoms with Crippen molar-refractivity contribution in [1.82, 2.24) is 19.7 Å². The van der Waals surface area contributed by atoms with Gasteiger partial charge < -0.3 is 10.0 Å². The maximum absolute atomic E-state index is 9.28. The van der Waals surface area contributed by atoms with Crippen molar-refractivity contribution in [3.63, 3.8) is 0 Å². The van der Waals surface area contributed by atoms with Crippen LogP contribution in [0.4, 0.5) is 5.82 Å². The second kappa shape index (κ2) is 8.16. The SMILES string of the molecule is Cc1nc(N2CCC(c3ccnn3CCO)CC2)c2cc(-c3ccccc3)sc2n1. The number of aliphatic hydroxyl groups is 1. The minimum Gasteiger partial charge on any atom is -0.394 e. The van der Waals surface area contributed by atoms with Crippen LogP contribution in [0.1, 0.15) is 30.3 Å². The van der Waals surface area contributed by atoms with E-state index in [1.807, 2.05) is 23.9 Å². The van der Waals surface area contributed by atoms with Crippen LogP contribution in [0.5, 0.6) is 0 Å². The first-order valence-electron chi connectivity index (χ1n) is 10.4. The molecule has 0 aliphatic carbocycles. The van der Waals surface area contributed by atoms with Gasteiger partial charge in [0.15, 0.2) is 0 Å². The topological polar surface area (TPSA) is 67.1 Å². The van der Waals surface area contributed by atoms with Gasteiger partial charge in [0.05, 0.1) is 18.5 Å². The van der Waals surface area contributed by atoms with Crippen LogP contribution in [0.15, 0.2) is 48.7 Å². The summed E-state index contributed by atoms with van der Waals surface area (Å²) < 4.78 is 1.94. The van der Waals surface area contributed by atoms with Crippen LogP contribution >= 0.6 is 11.3 Å². The number of thiophene rings is 1. The maximum Gasteiger partial charge on any atom is 0.141 e. The van der Waals surface area contributed by atoms with E-state index in [-0.39, 0.29) is 6.61 Å². The molecule has 0 unspecified atom stereocenters. The number of anilines is 1. The fourth-order valence-electron chi connectivity index (χ4n) is 4.35. The molecule has 1 aromatic carbocycles. The summed E-state index contributed by atoms with van der Waals surface area (Å²) in [5.74, 6) is 2.34. The maximum atomic E-state index is 9.28. The average molecular weight is 420 g/mol. The summed E-state index contributed by atoms with van der Waals surface area (Å²) in [7, 11) is 0. The van der Waals surface area contributed by atoms with E-state index in [2.05, 4.69) is 46.4 Å². The number of hydrogen-bond acceptors (Lipinski definition) is 6. The third-order valence-electron chi connectivity index (χ3n) is 5.82. The first-order chi connectivity index (χ1) is 14.7. The molecule has 30 heavy (non-hydrogen) atoms. The van der Waals surface area contributed by atoms with Gasteiger partial charge in [0.2, 0.25) is 0 Å². The lowest BCUT2D eigenvalue weighted by Gasteiger charge is -2.33. The van der Waals surface area contributed by atoms with E-state index in [9.17, 15) is 5.11 Å². The van der Waals surface area contributed by atoms with Crippen LogP contribution in [-0.2, 0) is 6.54 Å². The predicted octanol–water partition coefficient (Wildman–Crippen LogP) is 4.24. The van der Waals surface area contributed by atoms with E-state index in [0.29, 0.717) is 12.5 Å². The zero-order chi connectivity index (χ0) is 20.5. The van der Waals surface area contributed by atoms with Gasteiger partial charge in [0, 0.05) is 35.8 Å². The minimum atomic E-state index is 0.119. The Kier molecular flexibility index (Phi) is 5.23. The van der Waals surface area contributed by atoms with Gasteiger partial charge in [-0.15, -0.1) is 11.3 Å². The molecule has 0 atom stereocenters. The number of aryl methyl sites for hydroxylation is 1. The lowest BCUT2D eigenvalue weighted by molar-refractivity contribution is 0.265. The Morgan fingerprint density at radius 3 is 2.67 bits per heavy atom. The first-order valence-corrected chi connectivity index (χ1v) is 11.3. The summed E-state index contributed by atoms with van der Waals surface area (Å²) >= 11 is 1.74. The summed E-state index contributed by atoms with van der Waals surface area (Å²) in [4.78, 5) is 14.2. The summed E-state index contributed by atoms with van der Waals surface area (Å²) in [6.45, 7) is 4.57. The van der Waals surface area contributed by atoms with Crippen molar-refractivity contribution in [1.29, 1.82) is 0 Å². The van der Waals surface area contributed by atoms with Crippen molar-refractivity contribution in [3.8, 4) is 10.4 Å². The Bertz CT molecular complexity index is 1150. The highest BCUT2D eigenvalue weighted by Gasteiger charge is 2.26. The van der Waals surface area contributed by atoms with Gasteiger partial charge in [-0.1, -0.05) is 30.3 Å². The summed E-state index contributed by atoms with van der Waals surface area (Å²) in [5.41, 5.74) is 2.45. The molecule has 0 amide bonds. The molecule has 0 spiro atoms. The van der Waals surface area contributed by atoms with Gasteiger partial charge in [-0.3, -0.25) is 4.68 Å². The van der Waals surface area contributed by atoms with E-state index in [1.54, 1.807) is 11.3 Å². The van der Waals surface area contributed by atoms with Gasteiger partial charge in [-0.25, -0.2) is 9.97 Å². The molecule has 6 nitrogen and oxygen atoms in total. The average Bonchev–Trinajstić information content (AvgIpc) is 3.41. The lowest BCUT2D eigenvalue weighted by atomic mass is 9.93. The first kappa shape index (κ1) is 19.2. The van der Waals surface area contributed by atoms with Gasteiger partial charge in [-0.2, -0.15) is 5.10 Å². The van der Waals surface area contributed by atoms with Crippen LogP contribution in [0.2, 0.25) is 0 Å². The molecular formula is C23H25N5OS. The highest BCUT2D eigenvalue weighted by Crippen LogP contribution is 2.38. The summed E-state index contributed by atoms with van der Waals surface area (Å²) in [5, 5.41) is 14.8. The van der Waals surface area contributed by atoms with Crippen molar-refractivity contribution >= 4 is 27.4 Å². The van der Waals surface area contributed by atoms with E-state index >= 15 is 0 Å². The number of piperidine rings is 1. The molecule has 1 aliphatic heterocycles. The predicted molar refractivity (Wildman–Crippen MR) is 121 cm³/mol. The molecule has 1 aliphatic rings. The fourth-order valence-corrected chi connectivity index (χ4v) is 5.43. The zero-order valence-corrected chi connectivity index (χ0v) is 17.8. The molecule has 3 aromatic heterocycles. The number of aliphatic hydroxyl groups excluding tert-OH is 1. The van der Waals surface area contributed by atoms with Crippen LogP contribution in [0.25, 0.3) is 20.7 Å². The van der Waals surface area contributed by atoms with Gasteiger partial charge in [-0.05, 0) is 37.5 Å². The number of fused-ring (bicyclic) bond motifs is 1. The molecule has 5 rings (SSSR count). The van der Waals surface area contributed by atoms with Crippen molar-refractivity contribution in [2.45, 2.75) is 32.2 Å². The highest BCUT2D eigenvalue weighted by atomic mass is 32.1. The molecule has 1 saturated heterocycles. The van der Waals surface area contributed by atoms with Crippen LogP contribution < -0.4 is 4.90 Å². The fraction of sp³-hybridized carbons (Fsp3) is 0.348. The van der Waals surface area contributed by atoms with E-state index in [4.69, 9.17) is 9.97 Å². The Labute approximate surface area is 179 Å². The number of nitrogens with zero attached hydrogens (tertiary/aromatic N) is 5. The van der Waals surface area contributed by atoms with Gasteiger partial charge in [0.1, 0.15) is 16.5 Å². The number of aromatic nitrogens is 4. The Morgan fingerprint density at radius 1 is 1.10 bits per heavy atom. The lowest BCUT2D eigenvalue weighted by Crippen LogP contribution is -2.34. The van der Waals surface area contributed by atoms with Crippen LogP contribution in [0.3, 0.4) is 0 Å². The van der Waals surface area contributed by atoms with E-state index in [0.717, 1.165) is 47.8 Å². The smallest absolute Gasteiger partial charge is 0.141 e. The molecule has 0 radical (unpaired) electrons. The number of hydrogen-bond donors (Lipinski definition) is 1. The van der Waals surface area contributed by atoms with Crippen LogP contribution in [0, 0.1) is 6.92 Å².